The molecule has 92 valence electrons. The molecule has 6 heteroatoms. The van der Waals surface area contributed by atoms with Crippen LogP contribution < -0.4 is 5.32 Å². The number of carbonyl (C=O) groups excluding carboxylic acids is 1. The first-order chi connectivity index (χ1) is 7.61. The van der Waals surface area contributed by atoms with Crippen molar-refractivity contribution < 1.29 is 19.4 Å². The molecule has 0 atom stereocenters. The van der Waals surface area contributed by atoms with E-state index in [-0.39, 0.29) is 25.5 Å². The molecule has 0 aliphatic heterocycles. The molecule has 0 spiro atoms. The molecule has 0 fully saturated rings. The average Bonchev–Trinajstić information content (AvgIpc) is 2.23. The van der Waals surface area contributed by atoms with Gasteiger partial charge in [-0.1, -0.05) is 6.08 Å². The predicted molar refractivity (Wildman–Crippen MR) is 59.2 cm³/mol. The summed E-state index contributed by atoms with van der Waals surface area (Å²) in [6, 6.07) is 0. The quantitative estimate of drug-likeness (QED) is 0.405. The lowest BCUT2D eigenvalue weighted by Gasteiger charge is -2.18. The van der Waals surface area contributed by atoms with Crippen molar-refractivity contribution in [3.05, 3.63) is 12.7 Å². The summed E-state index contributed by atoms with van der Waals surface area (Å²) in [6.07, 6.45) is 1.50. The van der Waals surface area contributed by atoms with Gasteiger partial charge in [-0.3, -0.25) is 9.59 Å². The van der Waals surface area contributed by atoms with Crippen molar-refractivity contribution in [1.82, 2.24) is 10.2 Å². The molecule has 1 amide bonds. The lowest BCUT2D eigenvalue weighted by Crippen LogP contribution is -2.41. The third-order valence-corrected chi connectivity index (χ3v) is 1.79. The Kier molecular flexibility index (Phi) is 8.10. The number of amides is 1. The Labute approximate surface area is 94.9 Å². The van der Waals surface area contributed by atoms with Crippen LogP contribution in [0.1, 0.15) is 0 Å². The lowest BCUT2D eigenvalue weighted by molar-refractivity contribution is -0.143. The summed E-state index contributed by atoms with van der Waals surface area (Å²) in [5, 5.41) is 11.5. The third-order valence-electron chi connectivity index (χ3n) is 1.79. The van der Waals surface area contributed by atoms with Crippen LogP contribution in [0.5, 0.6) is 0 Å². The molecule has 6 nitrogen and oxygen atoms in total. The first kappa shape index (κ1) is 14.6. The van der Waals surface area contributed by atoms with E-state index in [1.54, 1.807) is 7.11 Å². The van der Waals surface area contributed by atoms with Gasteiger partial charge in [-0.25, -0.2) is 0 Å². The van der Waals surface area contributed by atoms with Gasteiger partial charge in [-0.15, -0.1) is 6.58 Å². The SMILES string of the molecule is C=CCN(CC(=O)O)C(=O)CNCCOC. The maximum Gasteiger partial charge on any atom is 0.323 e. The highest BCUT2D eigenvalue weighted by Crippen LogP contribution is 1.90. The maximum atomic E-state index is 11.5. The highest BCUT2D eigenvalue weighted by atomic mass is 16.5. The topological polar surface area (TPSA) is 78.9 Å². The number of aliphatic carboxylic acids is 1. The molecule has 0 heterocycles. The van der Waals surface area contributed by atoms with Crippen LogP contribution in [0, 0.1) is 0 Å². The van der Waals surface area contributed by atoms with Gasteiger partial charge in [0.1, 0.15) is 6.54 Å². The van der Waals surface area contributed by atoms with E-state index in [1.807, 2.05) is 0 Å². The molecule has 0 aromatic rings. The molecule has 0 aromatic heterocycles. The Hall–Kier alpha value is -1.40. The van der Waals surface area contributed by atoms with E-state index >= 15 is 0 Å². The van der Waals surface area contributed by atoms with E-state index < -0.39 is 5.97 Å². The van der Waals surface area contributed by atoms with Crippen LogP contribution in [0.2, 0.25) is 0 Å². The van der Waals surface area contributed by atoms with Crippen molar-refractivity contribution in [1.29, 1.82) is 0 Å². The Bertz CT molecular complexity index is 243. The second-order valence-corrected chi connectivity index (χ2v) is 3.13. The second kappa shape index (κ2) is 8.87. The van der Waals surface area contributed by atoms with E-state index in [0.717, 1.165) is 0 Å². The zero-order valence-corrected chi connectivity index (χ0v) is 9.44. The Morgan fingerprint density at radius 2 is 2.25 bits per heavy atom. The van der Waals surface area contributed by atoms with Gasteiger partial charge in [-0.2, -0.15) is 0 Å². The number of carboxylic acid groups (broad SMARTS) is 1. The molecule has 0 saturated heterocycles. The Balaban J connectivity index is 3.96. The molecule has 0 radical (unpaired) electrons. The number of carbonyl (C=O) groups is 2. The van der Waals surface area contributed by atoms with Crippen LogP contribution in [0.25, 0.3) is 0 Å². The number of methoxy groups -OCH3 is 1. The van der Waals surface area contributed by atoms with Crippen LogP contribution in [0.4, 0.5) is 0 Å². The van der Waals surface area contributed by atoms with Gasteiger partial charge in [0.25, 0.3) is 0 Å². The lowest BCUT2D eigenvalue weighted by atomic mass is 10.4. The minimum absolute atomic E-state index is 0.102. The number of carboxylic acids is 1. The number of nitrogens with one attached hydrogen (secondary N) is 1. The van der Waals surface area contributed by atoms with Crippen LogP contribution in [-0.4, -0.2) is 61.8 Å². The van der Waals surface area contributed by atoms with Crippen molar-refractivity contribution in [3.63, 3.8) is 0 Å². The van der Waals surface area contributed by atoms with Crippen LogP contribution in [-0.2, 0) is 14.3 Å². The molecule has 0 aromatic carbocycles. The molecule has 0 aliphatic rings. The van der Waals surface area contributed by atoms with Gasteiger partial charge in [0.2, 0.25) is 5.91 Å². The smallest absolute Gasteiger partial charge is 0.323 e. The highest BCUT2D eigenvalue weighted by molar-refractivity contribution is 5.82. The Morgan fingerprint density at radius 1 is 1.56 bits per heavy atom. The van der Waals surface area contributed by atoms with E-state index in [9.17, 15) is 9.59 Å². The molecule has 16 heavy (non-hydrogen) atoms. The van der Waals surface area contributed by atoms with Crippen LogP contribution >= 0.6 is 0 Å². The summed E-state index contributed by atoms with van der Waals surface area (Å²) in [7, 11) is 1.57. The minimum atomic E-state index is -1.04. The minimum Gasteiger partial charge on any atom is -0.480 e. The molecule has 0 aliphatic carbocycles. The van der Waals surface area contributed by atoms with E-state index in [4.69, 9.17) is 9.84 Å². The van der Waals surface area contributed by atoms with Crippen molar-refractivity contribution in [3.8, 4) is 0 Å². The first-order valence-electron chi connectivity index (χ1n) is 4.92. The second-order valence-electron chi connectivity index (χ2n) is 3.13. The number of hydrogen-bond donors (Lipinski definition) is 2. The first-order valence-corrected chi connectivity index (χ1v) is 4.92. The molecular formula is C10H18N2O4. The summed E-state index contributed by atoms with van der Waals surface area (Å²) in [5.41, 5.74) is 0. The van der Waals surface area contributed by atoms with E-state index in [0.29, 0.717) is 13.2 Å². The molecule has 2 N–H and O–H groups in total. The summed E-state index contributed by atoms with van der Waals surface area (Å²) in [6.45, 7) is 4.56. The largest absolute Gasteiger partial charge is 0.480 e. The van der Waals surface area contributed by atoms with Crippen molar-refractivity contribution in [2.75, 3.05) is 39.9 Å². The monoisotopic (exact) mass is 230 g/mol. The number of rotatable bonds is 9. The fourth-order valence-corrected chi connectivity index (χ4v) is 1.06. The molecule has 0 unspecified atom stereocenters. The molecule has 0 rings (SSSR count). The van der Waals surface area contributed by atoms with Crippen LogP contribution in [0.15, 0.2) is 12.7 Å². The van der Waals surface area contributed by atoms with Gasteiger partial charge in [0, 0.05) is 20.2 Å². The van der Waals surface area contributed by atoms with Gasteiger partial charge in [0.15, 0.2) is 0 Å². The molecule has 0 saturated carbocycles. The maximum absolute atomic E-state index is 11.5. The summed E-state index contributed by atoms with van der Waals surface area (Å²) >= 11 is 0. The summed E-state index contributed by atoms with van der Waals surface area (Å²) in [4.78, 5) is 23.3. The van der Waals surface area contributed by atoms with Crippen molar-refractivity contribution in [2.45, 2.75) is 0 Å². The van der Waals surface area contributed by atoms with Gasteiger partial charge in [0.05, 0.1) is 13.2 Å². The van der Waals surface area contributed by atoms with Gasteiger partial charge in [-0.05, 0) is 0 Å². The number of hydrogen-bond acceptors (Lipinski definition) is 4. The average molecular weight is 230 g/mol. The van der Waals surface area contributed by atoms with Crippen LogP contribution in [0.3, 0.4) is 0 Å². The fourth-order valence-electron chi connectivity index (χ4n) is 1.06. The Morgan fingerprint density at radius 3 is 2.75 bits per heavy atom. The zero-order chi connectivity index (χ0) is 12.4. The molecule has 0 bridgehead atoms. The van der Waals surface area contributed by atoms with Crippen molar-refractivity contribution >= 4 is 11.9 Å². The molecular weight excluding hydrogens is 212 g/mol. The fraction of sp³-hybridized carbons (Fsp3) is 0.600. The summed E-state index contributed by atoms with van der Waals surface area (Å²) in [5.74, 6) is -1.30. The summed E-state index contributed by atoms with van der Waals surface area (Å²) < 4.78 is 4.80. The number of ether oxygens (including phenoxy) is 1. The van der Waals surface area contributed by atoms with Crippen molar-refractivity contribution in [2.24, 2.45) is 0 Å². The standard InChI is InChI=1S/C10H18N2O4/c1-3-5-12(8-10(14)15)9(13)7-11-4-6-16-2/h3,11H,1,4-8H2,2H3,(H,14,15). The van der Waals surface area contributed by atoms with Gasteiger partial charge < -0.3 is 20.1 Å². The normalized spacial score (nSPS) is 9.81. The van der Waals surface area contributed by atoms with E-state index in [2.05, 4.69) is 11.9 Å². The predicted octanol–water partition coefficient (Wildman–Crippen LogP) is -0.678. The highest BCUT2D eigenvalue weighted by Gasteiger charge is 2.14. The third kappa shape index (κ3) is 6.97. The zero-order valence-electron chi connectivity index (χ0n) is 9.44. The van der Waals surface area contributed by atoms with E-state index in [1.165, 1.54) is 11.0 Å². The number of nitrogens with zero attached hydrogens (tertiary/aromatic N) is 1. The van der Waals surface area contributed by atoms with Gasteiger partial charge >= 0.3 is 5.97 Å².